The molecule has 0 spiro atoms. The molecule has 1 aliphatic rings. The van der Waals surface area contributed by atoms with Crippen molar-refractivity contribution in [3.63, 3.8) is 0 Å². The van der Waals surface area contributed by atoms with Gasteiger partial charge in [-0.25, -0.2) is 0 Å². The van der Waals surface area contributed by atoms with Gasteiger partial charge in [0.1, 0.15) is 5.56 Å². The van der Waals surface area contributed by atoms with Crippen LogP contribution >= 0.6 is 11.8 Å². The van der Waals surface area contributed by atoms with Crippen LogP contribution in [0.5, 0.6) is 0 Å². The number of hydrogen-bond donors (Lipinski definition) is 1. The molecule has 1 aromatic carbocycles. The molecule has 1 saturated heterocycles. The van der Waals surface area contributed by atoms with Crippen LogP contribution in [0.25, 0.3) is 10.9 Å². The van der Waals surface area contributed by atoms with Crippen LogP contribution in [0.3, 0.4) is 0 Å². The molecule has 0 radical (unpaired) electrons. The van der Waals surface area contributed by atoms with E-state index in [0.29, 0.717) is 25.2 Å². The maximum absolute atomic E-state index is 13.2. The molecule has 0 aliphatic carbocycles. The number of hydrogen-bond acceptors (Lipinski definition) is 4. The number of aryl methyl sites for hydroxylation is 3. The molecule has 6 nitrogen and oxygen atoms in total. The highest BCUT2D eigenvalue weighted by Gasteiger charge is 2.25. The molecule has 2 aromatic heterocycles. The zero-order valence-electron chi connectivity index (χ0n) is 18.3. The molecular formula is C24H30N4O2S. The average molecular weight is 439 g/mol. The van der Waals surface area contributed by atoms with Gasteiger partial charge in [-0.2, -0.15) is 11.8 Å². The summed E-state index contributed by atoms with van der Waals surface area (Å²) in [7, 11) is 0. The SMILES string of the molecule is CSCCN1CCN(C(=O)c2c(C)ccn(CCc3c[nH]c4ccccc34)c2=O)CC1. The molecule has 1 N–H and O–H groups in total. The van der Waals surface area contributed by atoms with E-state index in [1.165, 1.54) is 10.9 Å². The van der Waals surface area contributed by atoms with Gasteiger partial charge in [0, 0.05) is 68.3 Å². The molecule has 3 aromatic rings. The zero-order valence-corrected chi connectivity index (χ0v) is 19.1. The highest BCUT2D eigenvalue weighted by atomic mass is 32.2. The van der Waals surface area contributed by atoms with E-state index in [2.05, 4.69) is 28.3 Å². The lowest BCUT2D eigenvalue weighted by Crippen LogP contribution is -2.50. The van der Waals surface area contributed by atoms with E-state index in [4.69, 9.17) is 0 Å². The van der Waals surface area contributed by atoms with E-state index in [1.54, 1.807) is 4.57 Å². The number of carbonyl (C=O) groups is 1. The number of para-hydroxylation sites is 1. The molecule has 1 fully saturated rings. The fourth-order valence-electron chi connectivity index (χ4n) is 4.23. The molecule has 0 unspecified atom stereocenters. The van der Waals surface area contributed by atoms with Crippen LogP contribution < -0.4 is 5.56 Å². The third-order valence-electron chi connectivity index (χ3n) is 6.16. The average Bonchev–Trinajstić information content (AvgIpc) is 3.20. The number of pyridine rings is 1. The Labute approximate surface area is 187 Å². The molecule has 0 bridgehead atoms. The quantitative estimate of drug-likeness (QED) is 0.616. The van der Waals surface area contributed by atoms with Gasteiger partial charge in [-0.05, 0) is 42.9 Å². The standard InChI is InChI=1S/C24H30N4O2S/c1-18-7-9-27(10-8-19-17-25-21-6-4-3-5-20(19)21)23(29)22(18)24(30)28-13-11-26(12-14-28)15-16-31-2/h3-7,9,17,25H,8,10-16H2,1-2H3. The number of aromatic nitrogens is 2. The second-order valence-corrected chi connectivity index (χ2v) is 9.09. The molecule has 164 valence electrons. The number of rotatable bonds is 7. The molecule has 4 rings (SSSR count). The van der Waals surface area contributed by atoms with Crippen LogP contribution in [0.15, 0.2) is 47.5 Å². The van der Waals surface area contributed by atoms with Gasteiger partial charge >= 0.3 is 0 Å². The summed E-state index contributed by atoms with van der Waals surface area (Å²) in [6, 6.07) is 10.1. The summed E-state index contributed by atoms with van der Waals surface area (Å²) in [5.74, 6) is 0.973. The predicted octanol–water partition coefficient (Wildman–Crippen LogP) is 3.00. The Morgan fingerprint density at radius 1 is 1.10 bits per heavy atom. The summed E-state index contributed by atoms with van der Waals surface area (Å²) in [5, 5.41) is 1.18. The Kier molecular flexibility index (Phi) is 6.83. The maximum Gasteiger partial charge on any atom is 0.263 e. The number of carbonyl (C=O) groups excluding carboxylic acids is 1. The second kappa shape index (κ2) is 9.75. The number of amides is 1. The zero-order chi connectivity index (χ0) is 21.8. The minimum absolute atomic E-state index is 0.131. The monoisotopic (exact) mass is 438 g/mol. The van der Waals surface area contributed by atoms with Gasteiger partial charge in [-0.1, -0.05) is 18.2 Å². The van der Waals surface area contributed by atoms with Crippen LogP contribution in [0, 0.1) is 6.92 Å². The largest absolute Gasteiger partial charge is 0.361 e. The smallest absolute Gasteiger partial charge is 0.263 e. The van der Waals surface area contributed by atoms with E-state index in [-0.39, 0.29) is 11.5 Å². The van der Waals surface area contributed by atoms with Gasteiger partial charge in [-0.3, -0.25) is 14.5 Å². The minimum Gasteiger partial charge on any atom is -0.361 e. The van der Waals surface area contributed by atoms with E-state index >= 15 is 0 Å². The third-order valence-corrected chi connectivity index (χ3v) is 6.75. The number of nitrogens with one attached hydrogen (secondary N) is 1. The van der Waals surface area contributed by atoms with Crippen LogP contribution in [-0.4, -0.2) is 70.0 Å². The molecular weight excluding hydrogens is 408 g/mol. The van der Waals surface area contributed by atoms with E-state index < -0.39 is 0 Å². The maximum atomic E-state index is 13.2. The lowest BCUT2D eigenvalue weighted by molar-refractivity contribution is 0.0641. The lowest BCUT2D eigenvalue weighted by atomic mass is 10.1. The number of benzene rings is 1. The van der Waals surface area contributed by atoms with Gasteiger partial charge in [0.2, 0.25) is 0 Å². The normalized spacial score (nSPS) is 15.0. The van der Waals surface area contributed by atoms with Crippen molar-refractivity contribution in [2.75, 3.05) is 44.7 Å². The summed E-state index contributed by atoms with van der Waals surface area (Å²) < 4.78 is 1.68. The van der Waals surface area contributed by atoms with Crippen molar-refractivity contribution in [2.24, 2.45) is 0 Å². The molecule has 3 heterocycles. The summed E-state index contributed by atoms with van der Waals surface area (Å²) in [6.07, 6.45) is 6.66. The molecule has 7 heteroatoms. The van der Waals surface area contributed by atoms with Crippen molar-refractivity contribution in [3.05, 3.63) is 69.8 Å². The third kappa shape index (κ3) is 4.72. The Morgan fingerprint density at radius 2 is 1.87 bits per heavy atom. The van der Waals surface area contributed by atoms with E-state index in [9.17, 15) is 9.59 Å². The van der Waals surface area contributed by atoms with Gasteiger partial charge in [-0.15, -0.1) is 0 Å². The molecule has 31 heavy (non-hydrogen) atoms. The Bertz CT molecular complexity index is 1110. The van der Waals surface area contributed by atoms with Crippen LogP contribution in [0.1, 0.15) is 21.5 Å². The first-order valence-electron chi connectivity index (χ1n) is 10.8. The Morgan fingerprint density at radius 3 is 2.65 bits per heavy atom. The highest BCUT2D eigenvalue weighted by Crippen LogP contribution is 2.18. The molecule has 1 amide bonds. The summed E-state index contributed by atoms with van der Waals surface area (Å²) in [6.45, 7) is 6.54. The minimum atomic E-state index is -0.186. The molecule has 1 aliphatic heterocycles. The van der Waals surface area contributed by atoms with E-state index in [0.717, 1.165) is 42.9 Å². The van der Waals surface area contributed by atoms with Gasteiger partial charge < -0.3 is 14.5 Å². The fraction of sp³-hybridized carbons (Fsp3) is 0.417. The summed E-state index contributed by atoms with van der Waals surface area (Å²) >= 11 is 1.84. The van der Waals surface area contributed by atoms with Crippen molar-refractivity contribution in [3.8, 4) is 0 Å². The van der Waals surface area contributed by atoms with Crippen molar-refractivity contribution < 1.29 is 4.79 Å². The predicted molar refractivity (Wildman–Crippen MR) is 128 cm³/mol. The van der Waals surface area contributed by atoms with Crippen molar-refractivity contribution in [1.29, 1.82) is 0 Å². The van der Waals surface area contributed by atoms with Crippen LogP contribution in [0.4, 0.5) is 0 Å². The summed E-state index contributed by atoms with van der Waals surface area (Å²) in [4.78, 5) is 33.9. The lowest BCUT2D eigenvalue weighted by Gasteiger charge is -2.34. The molecule has 0 saturated carbocycles. The first-order chi connectivity index (χ1) is 15.1. The second-order valence-electron chi connectivity index (χ2n) is 8.11. The molecule has 0 atom stereocenters. The van der Waals surface area contributed by atoms with Crippen molar-refractivity contribution >= 4 is 28.6 Å². The first kappa shape index (κ1) is 21.7. The van der Waals surface area contributed by atoms with E-state index in [1.807, 2.05) is 54.2 Å². The Hall–Kier alpha value is -2.51. The number of nitrogens with zero attached hydrogens (tertiary/aromatic N) is 3. The van der Waals surface area contributed by atoms with Crippen molar-refractivity contribution in [2.45, 2.75) is 19.9 Å². The van der Waals surface area contributed by atoms with Crippen LogP contribution in [0.2, 0.25) is 0 Å². The highest BCUT2D eigenvalue weighted by molar-refractivity contribution is 7.98. The van der Waals surface area contributed by atoms with Crippen LogP contribution in [-0.2, 0) is 13.0 Å². The number of thioether (sulfide) groups is 1. The topological polar surface area (TPSA) is 61.3 Å². The van der Waals surface area contributed by atoms with Gasteiger partial charge in [0.05, 0.1) is 0 Å². The number of fused-ring (bicyclic) bond motifs is 1. The fourth-order valence-corrected chi connectivity index (χ4v) is 4.67. The van der Waals surface area contributed by atoms with Crippen molar-refractivity contribution in [1.82, 2.24) is 19.4 Å². The summed E-state index contributed by atoms with van der Waals surface area (Å²) in [5.41, 5.74) is 3.16. The number of piperazine rings is 1. The first-order valence-corrected chi connectivity index (χ1v) is 12.2. The Balaban J connectivity index is 1.47. The van der Waals surface area contributed by atoms with Gasteiger partial charge in [0.15, 0.2) is 0 Å². The van der Waals surface area contributed by atoms with Gasteiger partial charge in [0.25, 0.3) is 11.5 Å². The number of H-pyrrole nitrogens is 1. The number of aromatic amines is 1.